The highest BCUT2D eigenvalue weighted by Gasteiger charge is 2.06. The van der Waals surface area contributed by atoms with Crippen molar-refractivity contribution in [1.29, 1.82) is 0 Å². The minimum Gasteiger partial charge on any atom is -0.409 e. The number of rotatable bonds is 4. The van der Waals surface area contributed by atoms with Gasteiger partial charge in [0.05, 0.1) is 6.61 Å². The van der Waals surface area contributed by atoms with Crippen LogP contribution in [0.4, 0.5) is 4.39 Å². The van der Waals surface area contributed by atoms with Crippen LogP contribution in [0.3, 0.4) is 0 Å². The SMILES string of the molecule is COCc1ccc(F)cc1C/C(N)=N/O. The molecule has 0 aliphatic heterocycles. The third kappa shape index (κ3) is 3.21. The Labute approximate surface area is 87.2 Å². The van der Waals surface area contributed by atoms with E-state index in [2.05, 4.69) is 5.16 Å². The summed E-state index contributed by atoms with van der Waals surface area (Å²) in [7, 11) is 1.55. The average molecular weight is 212 g/mol. The van der Waals surface area contributed by atoms with E-state index < -0.39 is 0 Å². The van der Waals surface area contributed by atoms with Crippen molar-refractivity contribution in [2.24, 2.45) is 10.9 Å². The van der Waals surface area contributed by atoms with Gasteiger partial charge >= 0.3 is 0 Å². The summed E-state index contributed by atoms with van der Waals surface area (Å²) in [6.45, 7) is 0.369. The molecule has 0 saturated carbocycles. The maximum Gasteiger partial charge on any atom is 0.143 e. The molecule has 1 aromatic carbocycles. The topological polar surface area (TPSA) is 67.8 Å². The molecule has 0 radical (unpaired) electrons. The standard InChI is InChI=1S/C10H13FN2O2/c1-15-6-7-2-3-9(11)4-8(7)5-10(12)13-14/h2-4,14H,5-6H2,1H3,(H2,12,13). The van der Waals surface area contributed by atoms with Crippen LogP contribution < -0.4 is 5.73 Å². The predicted octanol–water partition coefficient (Wildman–Crippen LogP) is 1.26. The van der Waals surface area contributed by atoms with E-state index in [-0.39, 0.29) is 18.1 Å². The average Bonchev–Trinajstić information content (AvgIpc) is 2.22. The number of nitrogens with zero attached hydrogens (tertiary/aromatic N) is 1. The first-order valence-electron chi connectivity index (χ1n) is 4.40. The molecule has 0 atom stereocenters. The summed E-state index contributed by atoms with van der Waals surface area (Å²) in [5.41, 5.74) is 6.84. The molecule has 0 aliphatic carbocycles. The second kappa shape index (κ2) is 5.31. The summed E-state index contributed by atoms with van der Waals surface area (Å²) < 4.78 is 17.9. The van der Waals surface area contributed by atoms with Crippen LogP contribution in [-0.4, -0.2) is 18.2 Å². The lowest BCUT2D eigenvalue weighted by Gasteiger charge is -2.07. The summed E-state index contributed by atoms with van der Waals surface area (Å²) in [6, 6.07) is 4.33. The van der Waals surface area contributed by atoms with Crippen LogP contribution in [-0.2, 0) is 17.8 Å². The van der Waals surface area contributed by atoms with E-state index in [9.17, 15) is 4.39 Å². The molecule has 0 fully saturated rings. The van der Waals surface area contributed by atoms with E-state index in [4.69, 9.17) is 15.7 Å². The lowest BCUT2D eigenvalue weighted by atomic mass is 10.0. The van der Waals surface area contributed by atoms with Gasteiger partial charge in [0.2, 0.25) is 0 Å². The molecule has 15 heavy (non-hydrogen) atoms. The van der Waals surface area contributed by atoms with Crippen molar-refractivity contribution >= 4 is 5.84 Å². The van der Waals surface area contributed by atoms with Gasteiger partial charge in [0.1, 0.15) is 11.7 Å². The molecule has 4 nitrogen and oxygen atoms in total. The van der Waals surface area contributed by atoms with Gasteiger partial charge in [0, 0.05) is 13.5 Å². The van der Waals surface area contributed by atoms with Crippen molar-refractivity contribution in [3.05, 3.63) is 35.1 Å². The number of hydrogen-bond donors (Lipinski definition) is 2. The molecule has 0 saturated heterocycles. The van der Waals surface area contributed by atoms with Crippen LogP contribution in [0.1, 0.15) is 11.1 Å². The van der Waals surface area contributed by atoms with E-state index in [0.717, 1.165) is 5.56 Å². The van der Waals surface area contributed by atoms with Crippen LogP contribution in [0, 0.1) is 5.82 Å². The Hall–Kier alpha value is -1.62. The van der Waals surface area contributed by atoms with Crippen LogP contribution in [0.15, 0.2) is 23.4 Å². The molecule has 0 bridgehead atoms. The van der Waals surface area contributed by atoms with Crippen LogP contribution in [0.25, 0.3) is 0 Å². The zero-order chi connectivity index (χ0) is 11.3. The van der Waals surface area contributed by atoms with Crippen molar-refractivity contribution in [1.82, 2.24) is 0 Å². The van der Waals surface area contributed by atoms with Crippen molar-refractivity contribution in [3.8, 4) is 0 Å². The van der Waals surface area contributed by atoms with Crippen LogP contribution in [0.5, 0.6) is 0 Å². The first-order chi connectivity index (χ1) is 7.17. The number of hydrogen-bond acceptors (Lipinski definition) is 3. The summed E-state index contributed by atoms with van der Waals surface area (Å²) in [5.74, 6) is -0.312. The predicted molar refractivity (Wildman–Crippen MR) is 54.2 cm³/mol. The van der Waals surface area contributed by atoms with Crippen molar-refractivity contribution in [3.63, 3.8) is 0 Å². The molecule has 0 aromatic heterocycles. The van der Waals surface area contributed by atoms with Gasteiger partial charge in [-0.3, -0.25) is 0 Å². The maximum atomic E-state index is 13.0. The van der Waals surface area contributed by atoms with E-state index in [1.807, 2.05) is 0 Å². The Morgan fingerprint density at radius 1 is 1.53 bits per heavy atom. The quantitative estimate of drug-likeness (QED) is 0.342. The third-order valence-corrected chi connectivity index (χ3v) is 1.97. The van der Waals surface area contributed by atoms with Gasteiger partial charge in [-0.05, 0) is 23.3 Å². The van der Waals surface area contributed by atoms with Crippen LogP contribution >= 0.6 is 0 Å². The highest BCUT2D eigenvalue weighted by atomic mass is 19.1. The zero-order valence-corrected chi connectivity index (χ0v) is 8.40. The van der Waals surface area contributed by atoms with E-state index >= 15 is 0 Å². The number of nitrogens with two attached hydrogens (primary N) is 1. The number of oxime groups is 1. The fraction of sp³-hybridized carbons (Fsp3) is 0.300. The second-order valence-electron chi connectivity index (χ2n) is 3.11. The van der Waals surface area contributed by atoms with E-state index in [1.54, 1.807) is 13.2 Å². The van der Waals surface area contributed by atoms with Crippen molar-refractivity contribution < 1.29 is 14.3 Å². The first-order valence-corrected chi connectivity index (χ1v) is 4.40. The van der Waals surface area contributed by atoms with Gasteiger partial charge in [0.15, 0.2) is 0 Å². The molecule has 0 amide bonds. The molecule has 1 rings (SSSR count). The fourth-order valence-corrected chi connectivity index (χ4v) is 1.29. The number of ether oxygens (including phenoxy) is 1. The Balaban J connectivity index is 2.96. The summed E-state index contributed by atoms with van der Waals surface area (Å²) in [6.07, 6.45) is 0.201. The minimum atomic E-state index is -0.351. The Bertz CT molecular complexity index is 366. The summed E-state index contributed by atoms with van der Waals surface area (Å²) in [5, 5.41) is 11.3. The number of methoxy groups -OCH3 is 1. The van der Waals surface area contributed by atoms with E-state index in [1.165, 1.54) is 12.1 Å². The number of amidine groups is 1. The molecule has 0 spiro atoms. The zero-order valence-electron chi connectivity index (χ0n) is 8.40. The van der Waals surface area contributed by atoms with Gasteiger partial charge in [0.25, 0.3) is 0 Å². The molecule has 0 heterocycles. The highest BCUT2D eigenvalue weighted by molar-refractivity contribution is 5.82. The van der Waals surface area contributed by atoms with Gasteiger partial charge in [-0.25, -0.2) is 4.39 Å². The molecule has 5 heteroatoms. The minimum absolute atomic E-state index is 0.0398. The number of halogens is 1. The van der Waals surface area contributed by atoms with Gasteiger partial charge in [-0.2, -0.15) is 0 Å². The fourth-order valence-electron chi connectivity index (χ4n) is 1.29. The Kier molecular flexibility index (Phi) is 4.05. The molecule has 82 valence electrons. The Morgan fingerprint density at radius 3 is 2.87 bits per heavy atom. The third-order valence-electron chi connectivity index (χ3n) is 1.97. The maximum absolute atomic E-state index is 13.0. The van der Waals surface area contributed by atoms with Crippen molar-refractivity contribution in [2.45, 2.75) is 13.0 Å². The normalized spacial score (nSPS) is 11.7. The summed E-state index contributed by atoms with van der Waals surface area (Å²) >= 11 is 0. The Morgan fingerprint density at radius 2 is 2.27 bits per heavy atom. The summed E-state index contributed by atoms with van der Waals surface area (Å²) in [4.78, 5) is 0. The smallest absolute Gasteiger partial charge is 0.143 e. The lowest BCUT2D eigenvalue weighted by Crippen LogP contribution is -2.16. The van der Waals surface area contributed by atoms with Gasteiger partial charge in [-0.15, -0.1) is 0 Å². The molecule has 3 N–H and O–H groups in total. The number of benzene rings is 1. The monoisotopic (exact) mass is 212 g/mol. The second-order valence-corrected chi connectivity index (χ2v) is 3.11. The lowest BCUT2D eigenvalue weighted by molar-refractivity contribution is 0.184. The molecule has 0 aliphatic rings. The van der Waals surface area contributed by atoms with Gasteiger partial charge < -0.3 is 15.7 Å². The largest absolute Gasteiger partial charge is 0.409 e. The van der Waals surface area contributed by atoms with Crippen LogP contribution in [0.2, 0.25) is 0 Å². The van der Waals surface area contributed by atoms with Crippen molar-refractivity contribution in [2.75, 3.05) is 7.11 Å². The molecule has 1 aromatic rings. The molecular formula is C10H13FN2O2. The highest BCUT2D eigenvalue weighted by Crippen LogP contribution is 2.13. The van der Waals surface area contributed by atoms with E-state index in [0.29, 0.717) is 12.2 Å². The first kappa shape index (κ1) is 11.5. The van der Waals surface area contributed by atoms with Gasteiger partial charge in [-0.1, -0.05) is 11.2 Å². The molecular weight excluding hydrogens is 199 g/mol. The molecule has 0 unspecified atom stereocenters.